The number of carbonyl (C=O) groups is 1. The third-order valence-corrected chi connectivity index (χ3v) is 5.45. The molecule has 1 heterocycles. The fourth-order valence-electron chi connectivity index (χ4n) is 2.31. The SMILES string of the molecule is Cc1ccc(C(N)C(=O)NCC2CCS(=O)(=O)C2)cc1. The maximum atomic E-state index is 12.0. The molecule has 110 valence electrons. The van der Waals surface area contributed by atoms with Gasteiger partial charge in [-0.25, -0.2) is 8.42 Å². The number of benzene rings is 1. The summed E-state index contributed by atoms with van der Waals surface area (Å²) in [5.74, 6) is 0.122. The van der Waals surface area contributed by atoms with E-state index in [1.165, 1.54) is 0 Å². The van der Waals surface area contributed by atoms with Crippen molar-refractivity contribution >= 4 is 15.7 Å². The fourth-order valence-corrected chi connectivity index (χ4v) is 4.17. The summed E-state index contributed by atoms with van der Waals surface area (Å²) in [7, 11) is -2.90. The third-order valence-electron chi connectivity index (χ3n) is 3.61. The number of amides is 1. The lowest BCUT2D eigenvalue weighted by Crippen LogP contribution is -2.37. The first-order valence-corrected chi connectivity index (χ1v) is 8.50. The molecular formula is C14H20N2O3S. The minimum atomic E-state index is -2.90. The van der Waals surface area contributed by atoms with E-state index in [0.29, 0.717) is 13.0 Å². The average Bonchev–Trinajstić information content (AvgIpc) is 2.75. The summed E-state index contributed by atoms with van der Waals surface area (Å²) in [4.78, 5) is 12.0. The molecule has 1 aliphatic heterocycles. The van der Waals surface area contributed by atoms with Crippen LogP contribution in [0.5, 0.6) is 0 Å². The van der Waals surface area contributed by atoms with Gasteiger partial charge in [0.2, 0.25) is 5.91 Å². The van der Waals surface area contributed by atoms with E-state index in [9.17, 15) is 13.2 Å². The Labute approximate surface area is 119 Å². The molecule has 2 unspecified atom stereocenters. The number of aryl methyl sites for hydroxylation is 1. The topological polar surface area (TPSA) is 89.3 Å². The number of nitrogens with two attached hydrogens (primary N) is 1. The molecule has 0 aliphatic carbocycles. The summed E-state index contributed by atoms with van der Waals surface area (Å²) in [6.45, 7) is 2.34. The number of hydrogen-bond acceptors (Lipinski definition) is 4. The molecule has 1 aliphatic rings. The maximum Gasteiger partial charge on any atom is 0.241 e. The number of nitrogens with one attached hydrogen (secondary N) is 1. The van der Waals surface area contributed by atoms with Crippen molar-refractivity contribution in [2.45, 2.75) is 19.4 Å². The Kier molecular flexibility index (Phi) is 4.45. The Morgan fingerprint density at radius 2 is 2.05 bits per heavy atom. The van der Waals surface area contributed by atoms with Gasteiger partial charge < -0.3 is 11.1 Å². The maximum absolute atomic E-state index is 12.0. The third kappa shape index (κ3) is 3.80. The molecular weight excluding hydrogens is 276 g/mol. The number of rotatable bonds is 4. The van der Waals surface area contributed by atoms with Crippen LogP contribution in [-0.4, -0.2) is 32.4 Å². The fraction of sp³-hybridized carbons (Fsp3) is 0.500. The van der Waals surface area contributed by atoms with Crippen LogP contribution >= 0.6 is 0 Å². The Morgan fingerprint density at radius 3 is 2.60 bits per heavy atom. The minimum absolute atomic E-state index is 0.00849. The first kappa shape index (κ1) is 15.0. The first-order chi connectivity index (χ1) is 9.37. The summed E-state index contributed by atoms with van der Waals surface area (Å²) in [6.07, 6.45) is 0.613. The Bertz CT molecular complexity index is 581. The van der Waals surface area contributed by atoms with Gasteiger partial charge in [0.25, 0.3) is 0 Å². The molecule has 0 bridgehead atoms. The van der Waals surface area contributed by atoms with Gasteiger partial charge in [-0.3, -0.25) is 4.79 Å². The molecule has 2 rings (SSSR count). The van der Waals surface area contributed by atoms with E-state index in [2.05, 4.69) is 5.32 Å². The van der Waals surface area contributed by atoms with E-state index < -0.39 is 15.9 Å². The molecule has 6 heteroatoms. The number of hydrogen-bond donors (Lipinski definition) is 2. The van der Waals surface area contributed by atoms with Crippen molar-refractivity contribution in [3.8, 4) is 0 Å². The van der Waals surface area contributed by atoms with Crippen LogP contribution in [0.25, 0.3) is 0 Å². The first-order valence-electron chi connectivity index (χ1n) is 6.68. The van der Waals surface area contributed by atoms with Gasteiger partial charge in [-0.15, -0.1) is 0 Å². The normalized spacial score (nSPS) is 22.4. The molecule has 1 amide bonds. The van der Waals surface area contributed by atoms with Gasteiger partial charge in [0.05, 0.1) is 11.5 Å². The van der Waals surface area contributed by atoms with Gasteiger partial charge in [-0.05, 0) is 24.8 Å². The van der Waals surface area contributed by atoms with Crippen molar-refractivity contribution in [2.24, 2.45) is 11.7 Å². The van der Waals surface area contributed by atoms with Crippen molar-refractivity contribution in [1.29, 1.82) is 0 Å². The standard InChI is InChI=1S/C14H20N2O3S/c1-10-2-4-12(5-3-10)13(15)14(17)16-8-11-6-7-20(18,19)9-11/h2-5,11,13H,6-9,15H2,1H3,(H,16,17). The van der Waals surface area contributed by atoms with Gasteiger partial charge in [-0.1, -0.05) is 29.8 Å². The second kappa shape index (κ2) is 5.93. The van der Waals surface area contributed by atoms with E-state index in [1.54, 1.807) is 0 Å². The molecule has 1 aromatic carbocycles. The monoisotopic (exact) mass is 296 g/mol. The van der Waals surface area contributed by atoms with Crippen LogP contribution in [-0.2, 0) is 14.6 Å². The van der Waals surface area contributed by atoms with Crippen molar-refractivity contribution in [2.75, 3.05) is 18.1 Å². The highest BCUT2D eigenvalue weighted by molar-refractivity contribution is 7.91. The lowest BCUT2D eigenvalue weighted by molar-refractivity contribution is -0.122. The van der Waals surface area contributed by atoms with Crippen LogP contribution in [0.15, 0.2) is 24.3 Å². The molecule has 5 nitrogen and oxygen atoms in total. The predicted molar refractivity (Wildman–Crippen MR) is 77.9 cm³/mol. The van der Waals surface area contributed by atoms with E-state index in [-0.39, 0.29) is 23.3 Å². The Balaban J connectivity index is 1.87. The minimum Gasteiger partial charge on any atom is -0.354 e. The van der Waals surface area contributed by atoms with Crippen LogP contribution in [0, 0.1) is 12.8 Å². The molecule has 0 spiro atoms. The molecule has 0 radical (unpaired) electrons. The molecule has 1 fully saturated rings. The van der Waals surface area contributed by atoms with Crippen LogP contribution in [0.1, 0.15) is 23.6 Å². The smallest absolute Gasteiger partial charge is 0.241 e. The summed E-state index contributed by atoms with van der Waals surface area (Å²) in [6, 6.07) is 6.77. The van der Waals surface area contributed by atoms with E-state index >= 15 is 0 Å². The Hall–Kier alpha value is -1.40. The van der Waals surface area contributed by atoms with Crippen molar-refractivity contribution in [1.82, 2.24) is 5.32 Å². The molecule has 1 saturated heterocycles. The molecule has 0 saturated carbocycles. The highest BCUT2D eigenvalue weighted by Gasteiger charge is 2.28. The molecule has 2 atom stereocenters. The zero-order valence-electron chi connectivity index (χ0n) is 11.5. The lowest BCUT2D eigenvalue weighted by Gasteiger charge is -2.15. The number of sulfone groups is 1. The van der Waals surface area contributed by atoms with E-state index in [0.717, 1.165) is 11.1 Å². The second-order valence-corrected chi connectivity index (χ2v) is 7.63. The summed E-state index contributed by atoms with van der Waals surface area (Å²) >= 11 is 0. The van der Waals surface area contributed by atoms with Crippen LogP contribution in [0.3, 0.4) is 0 Å². The second-order valence-electron chi connectivity index (χ2n) is 5.40. The summed E-state index contributed by atoms with van der Waals surface area (Å²) < 4.78 is 22.7. The van der Waals surface area contributed by atoms with E-state index in [1.807, 2.05) is 31.2 Å². The molecule has 20 heavy (non-hydrogen) atoms. The molecule has 3 N–H and O–H groups in total. The number of carbonyl (C=O) groups excluding carboxylic acids is 1. The highest BCUT2D eigenvalue weighted by atomic mass is 32.2. The van der Waals surface area contributed by atoms with Gasteiger partial charge >= 0.3 is 0 Å². The van der Waals surface area contributed by atoms with Gasteiger partial charge in [0.15, 0.2) is 9.84 Å². The van der Waals surface area contributed by atoms with Crippen LogP contribution in [0.4, 0.5) is 0 Å². The molecule has 0 aromatic heterocycles. The van der Waals surface area contributed by atoms with Crippen LogP contribution in [0.2, 0.25) is 0 Å². The largest absolute Gasteiger partial charge is 0.354 e. The van der Waals surface area contributed by atoms with Crippen molar-refractivity contribution in [3.05, 3.63) is 35.4 Å². The van der Waals surface area contributed by atoms with Gasteiger partial charge in [0, 0.05) is 6.54 Å². The van der Waals surface area contributed by atoms with Crippen LogP contribution < -0.4 is 11.1 Å². The lowest BCUT2D eigenvalue weighted by atomic mass is 10.0. The van der Waals surface area contributed by atoms with Gasteiger partial charge in [0.1, 0.15) is 6.04 Å². The van der Waals surface area contributed by atoms with Crippen molar-refractivity contribution < 1.29 is 13.2 Å². The molecule has 1 aromatic rings. The van der Waals surface area contributed by atoms with Gasteiger partial charge in [-0.2, -0.15) is 0 Å². The quantitative estimate of drug-likeness (QED) is 0.849. The summed E-state index contributed by atoms with van der Waals surface area (Å²) in [5.41, 5.74) is 7.76. The predicted octanol–water partition coefficient (Wildman–Crippen LogP) is 0.546. The zero-order valence-corrected chi connectivity index (χ0v) is 12.3. The van der Waals surface area contributed by atoms with Crippen molar-refractivity contribution in [3.63, 3.8) is 0 Å². The van der Waals surface area contributed by atoms with E-state index in [4.69, 9.17) is 5.73 Å². The summed E-state index contributed by atoms with van der Waals surface area (Å²) in [5, 5.41) is 2.75. The zero-order chi connectivity index (χ0) is 14.8. The average molecular weight is 296 g/mol. The Morgan fingerprint density at radius 1 is 1.40 bits per heavy atom. The highest BCUT2D eigenvalue weighted by Crippen LogP contribution is 2.18.